The maximum atomic E-state index is 12.8. The van der Waals surface area contributed by atoms with E-state index in [9.17, 15) is 14.4 Å². The lowest BCUT2D eigenvalue weighted by Crippen LogP contribution is -2.23. The van der Waals surface area contributed by atoms with E-state index in [-0.39, 0.29) is 11.8 Å². The Morgan fingerprint density at radius 1 is 0.968 bits per heavy atom. The summed E-state index contributed by atoms with van der Waals surface area (Å²) in [6, 6.07) is 15.0. The number of anilines is 3. The van der Waals surface area contributed by atoms with E-state index in [1.807, 2.05) is 7.85 Å². The highest BCUT2D eigenvalue weighted by Gasteiger charge is 2.16. The van der Waals surface area contributed by atoms with Gasteiger partial charge < -0.3 is 15.5 Å². The van der Waals surface area contributed by atoms with Gasteiger partial charge in [0.25, 0.3) is 11.8 Å². The summed E-state index contributed by atoms with van der Waals surface area (Å²) in [6.07, 6.45) is 1.43. The molecule has 0 saturated heterocycles. The minimum Gasteiger partial charge on any atom is -0.321 e. The number of aromatic nitrogens is 1. The predicted octanol–water partition coefficient (Wildman–Crippen LogP) is 2.48. The van der Waals surface area contributed by atoms with E-state index in [0.717, 1.165) is 5.46 Å². The number of carbonyl (C=O) groups is 3. The second kappa shape index (κ2) is 9.44. The van der Waals surface area contributed by atoms with Crippen LogP contribution in [0.25, 0.3) is 0 Å². The molecule has 3 aromatic rings. The van der Waals surface area contributed by atoms with Gasteiger partial charge in [0.2, 0.25) is 5.91 Å². The molecule has 2 aromatic carbocycles. The Balaban J connectivity index is 1.80. The summed E-state index contributed by atoms with van der Waals surface area (Å²) in [4.78, 5) is 42.6. The van der Waals surface area contributed by atoms with Crippen LogP contribution in [0.5, 0.6) is 0 Å². The summed E-state index contributed by atoms with van der Waals surface area (Å²) in [5.74, 6) is -0.548. The van der Waals surface area contributed by atoms with Crippen molar-refractivity contribution in [3.8, 4) is 0 Å². The zero-order chi connectivity index (χ0) is 22.5. The van der Waals surface area contributed by atoms with Crippen LogP contribution in [0.3, 0.4) is 0 Å². The summed E-state index contributed by atoms with van der Waals surface area (Å²) in [5, 5.41) is 5.94. The molecule has 0 radical (unpaired) electrons. The summed E-state index contributed by atoms with van der Waals surface area (Å²) in [5.41, 5.74) is 2.61. The third-order valence-electron chi connectivity index (χ3n) is 4.63. The Morgan fingerprint density at radius 3 is 2.29 bits per heavy atom. The summed E-state index contributed by atoms with van der Waals surface area (Å²) >= 11 is 5.83. The number of pyridine rings is 1. The number of nitrogens with one attached hydrogen (secondary N) is 2. The number of rotatable bonds is 5. The average molecular weight is 435 g/mol. The van der Waals surface area contributed by atoms with Gasteiger partial charge in [-0.05, 0) is 42.5 Å². The molecule has 0 aliphatic rings. The molecule has 31 heavy (non-hydrogen) atoms. The van der Waals surface area contributed by atoms with Crippen LogP contribution in [0.1, 0.15) is 27.6 Å². The van der Waals surface area contributed by atoms with Crippen molar-refractivity contribution in [2.75, 3.05) is 22.6 Å². The maximum absolute atomic E-state index is 12.8. The molecular weight excluding hydrogens is 415 g/mol. The molecule has 0 bridgehead atoms. The molecule has 9 heteroatoms. The minimum atomic E-state index is -0.410. The Hall–Kier alpha value is -3.65. The van der Waals surface area contributed by atoms with Crippen molar-refractivity contribution in [3.63, 3.8) is 0 Å². The van der Waals surface area contributed by atoms with Crippen molar-refractivity contribution in [2.45, 2.75) is 6.92 Å². The highest BCUT2D eigenvalue weighted by molar-refractivity contribution is 6.33. The molecule has 0 saturated carbocycles. The average Bonchev–Trinajstić information content (AvgIpc) is 2.76. The number of amides is 3. The fourth-order valence-electron chi connectivity index (χ4n) is 2.80. The first-order valence-electron chi connectivity index (χ1n) is 9.44. The van der Waals surface area contributed by atoms with Crippen LogP contribution in [0, 0.1) is 0 Å². The number of benzene rings is 2. The normalized spacial score (nSPS) is 10.3. The first-order valence-corrected chi connectivity index (χ1v) is 9.81. The van der Waals surface area contributed by atoms with Gasteiger partial charge in [0.1, 0.15) is 13.7 Å². The first-order chi connectivity index (χ1) is 14.7. The Morgan fingerprint density at radius 2 is 1.68 bits per heavy atom. The van der Waals surface area contributed by atoms with E-state index in [0.29, 0.717) is 33.3 Å². The molecule has 7 nitrogen and oxygen atoms in total. The second-order valence-electron chi connectivity index (χ2n) is 6.94. The van der Waals surface area contributed by atoms with Crippen LogP contribution in [-0.4, -0.2) is 37.6 Å². The van der Waals surface area contributed by atoms with Gasteiger partial charge in [-0.25, -0.2) is 4.98 Å². The molecule has 156 valence electrons. The van der Waals surface area contributed by atoms with Crippen LogP contribution in [0.15, 0.2) is 60.8 Å². The smallest absolute Gasteiger partial charge is 0.258 e. The third-order valence-corrected chi connectivity index (χ3v) is 4.85. The maximum Gasteiger partial charge on any atom is 0.258 e. The molecule has 0 unspecified atom stereocenters. The Labute approximate surface area is 185 Å². The van der Waals surface area contributed by atoms with Crippen LogP contribution in [0.2, 0.25) is 5.02 Å². The predicted molar refractivity (Wildman–Crippen MR) is 125 cm³/mol. The minimum absolute atomic E-state index is 0.109. The zero-order valence-electron chi connectivity index (χ0n) is 17.3. The summed E-state index contributed by atoms with van der Waals surface area (Å²) < 4.78 is 0. The van der Waals surface area contributed by atoms with Gasteiger partial charge in [-0.15, -0.1) is 0 Å². The van der Waals surface area contributed by atoms with E-state index in [1.165, 1.54) is 18.0 Å². The first kappa shape index (κ1) is 22.0. The molecule has 0 aliphatic carbocycles. The largest absolute Gasteiger partial charge is 0.321 e. The molecule has 3 amide bonds. The van der Waals surface area contributed by atoms with Crippen molar-refractivity contribution >= 4 is 59.8 Å². The van der Waals surface area contributed by atoms with Crippen LogP contribution in [-0.2, 0) is 4.79 Å². The quantitative estimate of drug-likeness (QED) is 0.604. The molecule has 3 rings (SSSR count). The fraction of sp³-hybridized carbons (Fsp3) is 0.0909. The van der Waals surface area contributed by atoms with Gasteiger partial charge in [-0.3, -0.25) is 14.4 Å². The molecule has 0 atom stereocenters. The van der Waals surface area contributed by atoms with E-state index < -0.39 is 5.91 Å². The number of halogens is 1. The van der Waals surface area contributed by atoms with Gasteiger partial charge in [0, 0.05) is 31.4 Å². The van der Waals surface area contributed by atoms with Crippen LogP contribution < -0.4 is 21.0 Å². The lowest BCUT2D eigenvalue weighted by Gasteiger charge is -2.15. The van der Waals surface area contributed by atoms with Crippen LogP contribution >= 0.6 is 11.6 Å². The number of hydrogen-bond donors (Lipinski definition) is 2. The third kappa shape index (κ3) is 5.49. The number of carbonyl (C=O) groups excluding carboxylic acids is 3. The summed E-state index contributed by atoms with van der Waals surface area (Å²) in [7, 11) is 3.51. The van der Waals surface area contributed by atoms with Crippen molar-refractivity contribution in [1.29, 1.82) is 0 Å². The molecule has 2 N–H and O–H groups in total. The van der Waals surface area contributed by atoms with Crippen LogP contribution in [0.4, 0.5) is 17.2 Å². The molecule has 1 aromatic heterocycles. The Bertz CT molecular complexity index is 1130. The van der Waals surface area contributed by atoms with Gasteiger partial charge in [0.05, 0.1) is 16.3 Å². The Kier molecular flexibility index (Phi) is 6.72. The topological polar surface area (TPSA) is 91.4 Å². The van der Waals surface area contributed by atoms with Crippen molar-refractivity contribution in [2.24, 2.45) is 0 Å². The van der Waals surface area contributed by atoms with Crippen molar-refractivity contribution in [1.82, 2.24) is 4.98 Å². The molecule has 0 spiro atoms. The zero-order valence-corrected chi connectivity index (χ0v) is 18.0. The molecule has 0 fully saturated rings. The van der Waals surface area contributed by atoms with Gasteiger partial charge in [-0.2, -0.15) is 0 Å². The van der Waals surface area contributed by atoms with E-state index in [1.54, 1.807) is 61.6 Å². The van der Waals surface area contributed by atoms with Gasteiger partial charge in [0.15, 0.2) is 0 Å². The summed E-state index contributed by atoms with van der Waals surface area (Å²) in [6.45, 7) is 1.46. The SMILES string of the molecule is Bc1ccc(NC(=O)c2ccc(N(C)C(C)=O)cc2)c(C(=O)Nc2ccc(Cl)cn2)c1. The number of hydrogen-bond acceptors (Lipinski definition) is 4. The highest BCUT2D eigenvalue weighted by atomic mass is 35.5. The lowest BCUT2D eigenvalue weighted by molar-refractivity contribution is -0.116. The molecule has 1 heterocycles. The second-order valence-corrected chi connectivity index (χ2v) is 7.38. The monoisotopic (exact) mass is 434 g/mol. The van der Waals surface area contributed by atoms with Gasteiger partial charge >= 0.3 is 0 Å². The van der Waals surface area contributed by atoms with Crippen molar-refractivity contribution < 1.29 is 14.4 Å². The fourth-order valence-corrected chi connectivity index (χ4v) is 2.91. The lowest BCUT2D eigenvalue weighted by atomic mass is 9.93. The van der Waals surface area contributed by atoms with Crippen molar-refractivity contribution in [3.05, 3.63) is 76.9 Å². The number of nitrogens with zero attached hydrogens (tertiary/aromatic N) is 2. The highest BCUT2D eigenvalue weighted by Crippen LogP contribution is 2.19. The van der Waals surface area contributed by atoms with E-state index >= 15 is 0 Å². The molecule has 0 aliphatic heterocycles. The van der Waals surface area contributed by atoms with Gasteiger partial charge in [-0.1, -0.05) is 29.2 Å². The standard InChI is InChI=1S/C22H20BClN4O3/c1-13(29)28(2)17-7-3-14(4-8-17)21(30)26-19-9-5-15(23)11-18(19)22(31)27-20-10-6-16(24)12-25-20/h3-12H,23H2,1-2H3,(H,26,30)(H,25,27,31). The van der Waals surface area contributed by atoms with E-state index in [4.69, 9.17) is 11.6 Å². The molecular formula is C22H20BClN4O3. The van der Waals surface area contributed by atoms with E-state index in [2.05, 4.69) is 15.6 Å².